The van der Waals surface area contributed by atoms with Crippen molar-refractivity contribution in [1.82, 2.24) is 20.0 Å². The molecule has 2 fully saturated rings. The minimum atomic E-state index is -0.671. The molecule has 2 unspecified atom stereocenters. The standard InChI is InChI=1S/C21H26F2N4O3/c1-2-27-12-16(10-25-27)11-26-3-4-30-21(13-26)8-19(29-14-21)20(28)24-9-15-5-17(22)7-18(23)6-15/h5-7,10,12,19H,2-4,8-9,11,13-14H2,1H3,(H,24,28). The molecule has 162 valence electrons. The summed E-state index contributed by atoms with van der Waals surface area (Å²) in [7, 11) is 0. The predicted octanol–water partition coefficient (Wildman–Crippen LogP) is 1.86. The van der Waals surface area contributed by atoms with E-state index in [-0.39, 0.29) is 12.5 Å². The molecule has 7 nitrogen and oxygen atoms in total. The van der Waals surface area contributed by atoms with Crippen LogP contribution >= 0.6 is 0 Å². The van der Waals surface area contributed by atoms with Crippen LogP contribution in [-0.4, -0.2) is 58.6 Å². The first-order valence-electron chi connectivity index (χ1n) is 10.2. The number of hydrogen-bond acceptors (Lipinski definition) is 5. The first-order valence-corrected chi connectivity index (χ1v) is 10.2. The molecule has 0 bridgehead atoms. The van der Waals surface area contributed by atoms with Crippen LogP contribution in [-0.2, 0) is 33.9 Å². The summed E-state index contributed by atoms with van der Waals surface area (Å²) in [6, 6.07) is 3.20. The number of nitrogens with zero attached hydrogens (tertiary/aromatic N) is 3. The van der Waals surface area contributed by atoms with E-state index >= 15 is 0 Å². The average Bonchev–Trinajstić information content (AvgIpc) is 3.33. The van der Waals surface area contributed by atoms with Gasteiger partial charge in [0.15, 0.2) is 0 Å². The van der Waals surface area contributed by atoms with Crippen molar-refractivity contribution in [1.29, 1.82) is 0 Å². The SMILES string of the molecule is CCn1cc(CN2CCOC3(COC(C(=O)NCc4cc(F)cc(F)c4)C3)C2)cn1. The summed E-state index contributed by atoms with van der Waals surface area (Å²) in [4.78, 5) is 14.8. The Balaban J connectivity index is 1.31. The molecular weight excluding hydrogens is 394 g/mol. The second kappa shape index (κ2) is 8.79. The number of aryl methyl sites for hydroxylation is 1. The molecule has 2 aliphatic heterocycles. The van der Waals surface area contributed by atoms with Crippen LogP contribution in [0.5, 0.6) is 0 Å². The number of rotatable bonds is 6. The van der Waals surface area contributed by atoms with E-state index in [0.29, 0.717) is 31.7 Å². The van der Waals surface area contributed by atoms with Gasteiger partial charge in [0.2, 0.25) is 5.91 Å². The second-order valence-corrected chi connectivity index (χ2v) is 7.95. The summed E-state index contributed by atoms with van der Waals surface area (Å²) in [6.45, 7) is 6.07. The highest BCUT2D eigenvalue weighted by Crippen LogP contribution is 2.32. The zero-order chi connectivity index (χ0) is 21.1. The summed E-state index contributed by atoms with van der Waals surface area (Å²) in [5.41, 5.74) is 0.983. The molecule has 0 radical (unpaired) electrons. The number of halogens is 2. The lowest BCUT2D eigenvalue weighted by molar-refractivity contribution is -0.130. The molecule has 9 heteroatoms. The molecule has 1 aromatic carbocycles. The van der Waals surface area contributed by atoms with E-state index in [0.717, 1.165) is 31.3 Å². The first-order chi connectivity index (χ1) is 14.4. The Labute approximate surface area is 173 Å². The third kappa shape index (κ3) is 4.85. The number of carbonyl (C=O) groups is 1. The highest BCUT2D eigenvalue weighted by Gasteiger charge is 2.46. The average molecular weight is 420 g/mol. The molecule has 2 aromatic rings. The van der Waals surface area contributed by atoms with Gasteiger partial charge in [-0.1, -0.05) is 0 Å². The molecule has 1 aromatic heterocycles. The van der Waals surface area contributed by atoms with Crippen molar-refractivity contribution in [3.05, 3.63) is 53.4 Å². The Bertz CT molecular complexity index is 886. The van der Waals surface area contributed by atoms with Crippen molar-refractivity contribution in [2.24, 2.45) is 0 Å². The predicted molar refractivity (Wildman–Crippen MR) is 104 cm³/mol. The maximum atomic E-state index is 13.3. The zero-order valence-corrected chi connectivity index (χ0v) is 16.9. The minimum absolute atomic E-state index is 0.0365. The Kier molecular flexibility index (Phi) is 6.12. The lowest BCUT2D eigenvalue weighted by atomic mass is 9.97. The summed E-state index contributed by atoms with van der Waals surface area (Å²) < 4.78 is 40.3. The maximum absolute atomic E-state index is 13.3. The van der Waals surface area contributed by atoms with Crippen molar-refractivity contribution >= 4 is 5.91 Å². The van der Waals surface area contributed by atoms with Crippen molar-refractivity contribution in [2.45, 2.75) is 44.7 Å². The minimum Gasteiger partial charge on any atom is -0.370 e. The van der Waals surface area contributed by atoms with Gasteiger partial charge in [0.1, 0.15) is 23.3 Å². The summed E-state index contributed by atoms with van der Waals surface area (Å²) in [6.07, 6.45) is 3.72. The largest absolute Gasteiger partial charge is 0.370 e. The van der Waals surface area contributed by atoms with Crippen LogP contribution in [0.15, 0.2) is 30.6 Å². The Morgan fingerprint density at radius 1 is 1.30 bits per heavy atom. The van der Waals surface area contributed by atoms with Crippen LogP contribution in [0.1, 0.15) is 24.5 Å². The number of hydrogen-bond donors (Lipinski definition) is 1. The van der Waals surface area contributed by atoms with E-state index in [1.54, 1.807) is 0 Å². The lowest BCUT2D eigenvalue weighted by Crippen LogP contribution is -2.52. The van der Waals surface area contributed by atoms with Crippen LogP contribution in [0.3, 0.4) is 0 Å². The van der Waals surface area contributed by atoms with Crippen LogP contribution in [0.4, 0.5) is 8.78 Å². The van der Waals surface area contributed by atoms with Crippen LogP contribution in [0, 0.1) is 11.6 Å². The number of carbonyl (C=O) groups excluding carboxylic acids is 1. The fourth-order valence-corrected chi connectivity index (χ4v) is 4.08. The van der Waals surface area contributed by atoms with E-state index in [9.17, 15) is 13.6 Å². The van der Waals surface area contributed by atoms with Gasteiger partial charge in [-0.15, -0.1) is 0 Å². The number of ether oxygens (including phenoxy) is 2. The highest BCUT2D eigenvalue weighted by molar-refractivity contribution is 5.81. The van der Waals surface area contributed by atoms with Gasteiger partial charge < -0.3 is 14.8 Å². The van der Waals surface area contributed by atoms with Gasteiger partial charge in [-0.3, -0.25) is 14.4 Å². The number of morpholine rings is 1. The number of nitrogens with one attached hydrogen (secondary N) is 1. The van der Waals surface area contributed by atoms with Crippen molar-refractivity contribution in [2.75, 3.05) is 26.3 Å². The van der Waals surface area contributed by atoms with Crippen LogP contribution in [0.2, 0.25) is 0 Å². The van der Waals surface area contributed by atoms with Gasteiger partial charge in [-0.05, 0) is 24.6 Å². The molecule has 2 aliphatic rings. The van der Waals surface area contributed by atoms with E-state index in [2.05, 4.69) is 15.3 Å². The normalized spacial score (nSPS) is 24.4. The Morgan fingerprint density at radius 3 is 2.83 bits per heavy atom. The third-order valence-corrected chi connectivity index (χ3v) is 5.53. The molecule has 2 saturated heterocycles. The molecule has 1 N–H and O–H groups in total. The first kappa shape index (κ1) is 20.9. The monoisotopic (exact) mass is 420 g/mol. The van der Waals surface area contributed by atoms with Gasteiger partial charge in [0.05, 0.1) is 19.4 Å². The third-order valence-electron chi connectivity index (χ3n) is 5.53. The highest BCUT2D eigenvalue weighted by atomic mass is 19.1. The van der Waals surface area contributed by atoms with Crippen molar-refractivity contribution < 1.29 is 23.0 Å². The van der Waals surface area contributed by atoms with Gasteiger partial charge >= 0.3 is 0 Å². The van der Waals surface area contributed by atoms with E-state index in [1.807, 2.05) is 24.0 Å². The van der Waals surface area contributed by atoms with E-state index in [1.165, 1.54) is 12.1 Å². The van der Waals surface area contributed by atoms with Gasteiger partial charge in [-0.2, -0.15) is 5.10 Å². The van der Waals surface area contributed by atoms with Crippen molar-refractivity contribution in [3.8, 4) is 0 Å². The molecule has 0 saturated carbocycles. The topological polar surface area (TPSA) is 68.6 Å². The van der Waals surface area contributed by atoms with Crippen molar-refractivity contribution in [3.63, 3.8) is 0 Å². The second-order valence-electron chi connectivity index (χ2n) is 7.95. The zero-order valence-electron chi connectivity index (χ0n) is 16.9. The fourth-order valence-electron chi connectivity index (χ4n) is 4.08. The molecule has 2 atom stereocenters. The molecule has 1 spiro atoms. The smallest absolute Gasteiger partial charge is 0.249 e. The van der Waals surface area contributed by atoms with Gasteiger partial charge in [0.25, 0.3) is 0 Å². The quantitative estimate of drug-likeness (QED) is 0.773. The number of benzene rings is 1. The molecule has 1 amide bonds. The lowest BCUT2D eigenvalue weighted by Gasteiger charge is -2.39. The summed E-state index contributed by atoms with van der Waals surface area (Å²) >= 11 is 0. The molecule has 0 aliphatic carbocycles. The van der Waals surface area contributed by atoms with Gasteiger partial charge in [-0.25, -0.2) is 8.78 Å². The molecular formula is C21H26F2N4O3. The van der Waals surface area contributed by atoms with E-state index in [4.69, 9.17) is 9.47 Å². The summed E-state index contributed by atoms with van der Waals surface area (Å²) in [5, 5.41) is 7.02. The molecule has 3 heterocycles. The number of amides is 1. The van der Waals surface area contributed by atoms with E-state index < -0.39 is 23.3 Å². The van der Waals surface area contributed by atoms with Crippen LogP contribution in [0.25, 0.3) is 0 Å². The molecule has 4 rings (SSSR count). The number of aromatic nitrogens is 2. The molecule has 30 heavy (non-hydrogen) atoms. The Morgan fingerprint density at radius 2 is 2.10 bits per heavy atom. The summed E-state index contributed by atoms with van der Waals surface area (Å²) in [5.74, 6) is -1.65. The maximum Gasteiger partial charge on any atom is 0.249 e. The Hall–Kier alpha value is -2.36. The van der Waals surface area contributed by atoms with Crippen LogP contribution < -0.4 is 5.32 Å². The van der Waals surface area contributed by atoms with Gasteiger partial charge in [0, 0.05) is 57.0 Å². The fraction of sp³-hybridized carbons (Fsp3) is 0.524.